The summed E-state index contributed by atoms with van der Waals surface area (Å²) >= 11 is 0. The van der Waals surface area contributed by atoms with Crippen LogP contribution in [0.3, 0.4) is 0 Å². The Balaban J connectivity index is 1.62. The number of nitrogens with two attached hydrogens (primary N) is 1. The number of carboxylic acids is 1. The standard InChI is InChI=1S/C10H11NO2/c11-8(9(12)13)10-5-2-1-3(5)7(10)4(1)6(2)10/h1-8H,11H2,(H,12,13). The molecule has 0 saturated heterocycles. The van der Waals surface area contributed by atoms with E-state index in [-0.39, 0.29) is 5.41 Å². The zero-order valence-corrected chi connectivity index (χ0v) is 7.05. The van der Waals surface area contributed by atoms with Gasteiger partial charge in [0.05, 0.1) is 0 Å². The molecule has 0 spiro atoms. The summed E-state index contributed by atoms with van der Waals surface area (Å²) in [7, 11) is 0. The molecule has 3 nitrogen and oxygen atoms in total. The molecule has 0 aromatic heterocycles. The number of rotatable bonds is 2. The third-order valence-electron chi connectivity index (χ3n) is 6.36. The van der Waals surface area contributed by atoms with Crippen LogP contribution in [0.25, 0.3) is 0 Å². The van der Waals surface area contributed by atoms with Gasteiger partial charge in [0.1, 0.15) is 6.04 Å². The molecule has 0 radical (unpaired) electrons. The van der Waals surface area contributed by atoms with Gasteiger partial charge in [0, 0.05) is 5.41 Å². The second-order valence-electron chi connectivity index (χ2n) is 5.70. The number of aliphatic carboxylic acids is 1. The van der Waals surface area contributed by atoms with Gasteiger partial charge < -0.3 is 10.8 Å². The van der Waals surface area contributed by atoms with Gasteiger partial charge in [0.15, 0.2) is 0 Å². The molecule has 0 amide bonds. The summed E-state index contributed by atoms with van der Waals surface area (Å²) in [5.74, 6) is 5.34. The zero-order valence-electron chi connectivity index (χ0n) is 7.05. The maximum absolute atomic E-state index is 10.9. The van der Waals surface area contributed by atoms with Crippen molar-refractivity contribution in [2.75, 3.05) is 0 Å². The van der Waals surface area contributed by atoms with Gasteiger partial charge in [-0.1, -0.05) is 0 Å². The lowest BCUT2D eigenvalue weighted by Gasteiger charge is -3.08. The van der Waals surface area contributed by atoms with Crippen LogP contribution in [0.4, 0.5) is 0 Å². The summed E-state index contributed by atoms with van der Waals surface area (Å²) in [5.41, 5.74) is 5.94. The van der Waals surface area contributed by atoms with Crippen molar-refractivity contribution in [2.45, 2.75) is 6.04 Å². The normalized spacial score (nSPS) is 79.0. The molecule has 1 unspecified atom stereocenters. The van der Waals surface area contributed by atoms with Crippen LogP contribution in [0.5, 0.6) is 0 Å². The minimum absolute atomic E-state index is 0.126. The SMILES string of the molecule is NC(C(=O)O)C12C3C4C5C3C1C5C42. The molecule has 3 heteroatoms. The lowest BCUT2D eigenvalue weighted by molar-refractivity contribution is -0.616. The summed E-state index contributed by atoms with van der Waals surface area (Å²) in [5, 5.41) is 8.96. The Bertz CT molecular complexity index is 326. The second-order valence-corrected chi connectivity index (χ2v) is 5.70. The molecular weight excluding hydrogens is 166 g/mol. The van der Waals surface area contributed by atoms with E-state index in [1.54, 1.807) is 0 Å². The first-order chi connectivity index (χ1) is 6.22. The van der Waals surface area contributed by atoms with Crippen molar-refractivity contribution in [2.24, 2.45) is 52.6 Å². The van der Waals surface area contributed by atoms with Crippen molar-refractivity contribution in [1.29, 1.82) is 0 Å². The number of hydrogen-bond donors (Lipinski definition) is 2. The van der Waals surface area contributed by atoms with E-state index in [4.69, 9.17) is 10.8 Å². The molecular formula is C10H11NO2. The van der Waals surface area contributed by atoms with Crippen molar-refractivity contribution in [1.82, 2.24) is 0 Å². The van der Waals surface area contributed by atoms with Gasteiger partial charge in [-0.25, -0.2) is 0 Å². The van der Waals surface area contributed by atoms with Gasteiger partial charge in [-0.15, -0.1) is 0 Å². The zero-order chi connectivity index (χ0) is 8.70. The molecule has 3 N–H and O–H groups in total. The van der Waals surface area contributed by atoms with Gasteiger partial charge in [-0.2, -0.15) is 0 Å². The smallest absolute Gasteiger partial charge is 0.321 e. The van der Waals surface area contributed by atoms with E-state index in [1.165, 1.54) is 0 Å². The Kier molecular flexibility index (Phi) is 0.547. The lowest BCUT2D eigenvalue weighted by atomic mass is 8.96. The van der Waals surface area contributed by atoms with Gasteiger partial charge >= 0.3 is 5.97 Å². The topological polar surface area (TPSA) is 63.3 Å². The summed E-state index contributed by atoms with van der Waals surface area (Å²) < 4.78 is 0. The van der Waals surface area contributed by atoms with Gasteiger partial charge in [0.25, 0.3) is 0 Å². The Morgan fingerprint density at radius 3 is 2.00 bits per heavy atom. The molecule has 6 aliphatic carbocycles. The fourth-order valence-electron chi connectivity index (χ4n) is 6.36. The first-order valence-electron chi connectivity index (χ1n) is 5.20. The highest BCUT2D eigenvalue weighted by molar-refractivity contribution is 5.77. The predicted molar refractivity (Wildman–Crippen MR) is 42.5 cm³/mol. The average molecular weight is 177 g/mol. The maximum Gasteiger partial charge on any atom is 0.321 e. The Morgan fingerprint density at radius 1 is 1.15 bits per heavy atom. The molecule has 6 saturated carbocycles. The van der Waals surface area contributed by atoms with E-state index in [9.17, 15) is 4.79 Å². The fourth-order valence-corrected chi connectivity index (χ4v) is 6.36. The minimum atomic E-state index is -0.768. The highest BCUT2D eigenvalue weighted by atomic mass is 16.4. The van der Waals surface area contributed by atoms with Crippen LogP contribution in [-0.4, -0.2) is 17.1 Å². The van der Waals surface area contributed by atoms with Crippen molar-refractivity contribution < 1.29 is 9.90 Å². The number of carbonyl (C=O) groups is 1. The molecule has 0 aliphatic heterocycles. The number of carboxylic acid groups (broad SMARTS) is 1. The van der Waals surface area contributed by atoms with Crippen LogP contribution in [0.15, 0.2) is 0 Å². The molecule has 1 atom stereocenters. The quantitative estimate of drug-likeness (QED) is 0.612. The average Bonchev–Trinajstić information content (AvgIpc) is 2.17. The Morgan fingerprint density at radius 2 is 1.62 bits per heavy atom. The van der Waals surface area contributed by atoms with Crippen LogP contribution in [-0.2, 0) is 4.79 Å². The molecule has 6 fully saturated rings. The molecule has 68 valence electrons. The summed E-state index contributed by atoms with van der Waals surface area (Å²) in [6.45, 7) is 0. The predicted octanol–water partition coefficient (Wildman–Crippen LogP) is -0.234. The summed E-state index contributed by atoms with van der Waals surface area (Å²) in [4.78, 5) is 10.9. The van der Waals surface area contributed by atoms with Gasteiger partial charge in [-0.05, 0) is 41.4 Å². The van der Waals surface area contributed by atoms with Crippen molar-refractivity contribution >= 4 is 5.97 Å². The molecule has 0 heterocycles. The number of hydrogen-bond acceptors (Lipinski definition) is 2. The van der Waals surface area contributed by atoms with Gasteiger partial charge in [0.2, 0.25) is 0 Å². The Hall–Kier alpha value is -0.570. The minimum Gasteiger partial charge on any atom is -0.480 e. The van der Waals surface area contributed by atoms with E-state index in [0.29, 0.717) is 0 Å². The van der Waals surface area contributed by atoms with Crippen molar-refractivity contribution in [3.63, 3.8) is 0 Å². The monoisotopic (exact) mass is 177 g/mol. The van der Waals surface area contributed by atoms with Gasteiger partial charge in [-0.3, -0.25) is 4.79 Å². The molecule has 0 aromatic carbocycles. The van der Waals surface area contributed by atoms with E-state index in [0.717, 1.165) is 41.4 Å². The molecule has 6 rings (SSSR count). The van der Waals surface area contributed by atoms with Crippen molar-refractivity contribution in [3.05, 3.63) is 0 Å². The third kappa shape index (κ3) is 0.253. The van der Waals surface area contributed by atoms with Crippen LogP contribution in [0.1, 0.15) is 0 Å². The largest absolute Gasteiger partial charge is 0.480 e. The first-order valence-corrected chi connectivity index (χ1v) is 5.20. The van der Waals surface area contributed by atoms with Crippen molar-refractivity contribution in [3.8, 4) is 0 Å². The molecule has 13 heavy (non-hydrogen) atoms. The highest BCUT2D eigenvalue weighted by Gasteiger charge is 3.05. The van der Waals surface area contributed by atoms with Crippen LogP contribution in [0.2, 0.25) is 0 Å². The Labute approximate surface area is 75.3 Å². The molecule has 0 aromatic rings. The van der Waals surface area contributed by atoms with Crippen LogP contribution in [0, 0.1) is 46.8 Å². The molecule has 0 bridgehead atoms. The summed E-state index contributed by atoms with van der Waals surface area (Å²) in [6.07, 6.45) is 0. The van der Waals surface area contributed by atoms with Crippen LogP contribution >= 0.6 is 0 Å². The van der Waals surface area contributed by atoms with E-state index in [1.807, 2.05) is 0 Å². The first kappa shape index (κ1) is 6.02. The van der Waals surface area contributed by atoms with E-state index < -0.39 is 12.0 Å². The lowest BCUT2D eigenvalue weighted by Crippen LogP contribution is -3.07. The second kappa shape index (κ2) is 1.18. The van der Waals surface area contributed by atoms with E-state index in [2.05, 4.69) is 0 Å². The summed E-state index contributed by atoms with van der Waals surface area (Å²) in [6, 6.07) is -0.544. The fraction of sp³-hybridized carbons (Fsp3) is 0.900. The van der Waals surface area contributed by atoms with Crippen LogP contribution < -0.4 is 5.73 Å². The highest BCUT2D eigenvalue weighted by Crippen LogP contribution is 3.06. The molecule has 6 aliphatic rings. The maximum atomic E-state index is 10.9. The van der Waals surface area contributed by atoms with E-state index >= 15 is 0 Å². The third-order valence-corrected chi connectivity index (χ3v) is 6.36.